The van der Waals surface area contributed by atoms with Gasteiger partial charge in [-0.3, -0.25) is 4.79 Å². The first-order valence-electron chi connectivity index (χ1n) is 5.18. The van der Waals surface area contributed by atoms with E-state index in [0.29, 0.717) is 5.82 Å². The number of nitrogens with one attached hydrogen (secondary N) is 2. The minimum atomic E-state index is -3.23. The first kappa shape index (κ1) is 13.6. The van der Waals surface area contributed by atoms with E-state index >= 15 is 0 Å². The van der Waals surface area contributed by atoms with Crippen molar-refractivity contribution in [3.63, 3.8) is 0 Å². The molecule has 0 aliphatic rings. The van der Waals surface area contributed by atoms with Crippen LogP contribution < -0.4 is 10.9 Å². The second-order valence-electron chi connectivity index (χ2n) is 4.04. The summed E-state index contributed by atoms with van der Waals surface area (Å²) in [5, 5.41) is 10.7. The molecule has 1 rings (SSSR count). The molecule has 1 aromatic heterocycles. The van der Waals surface area contributed by atoms with Crippen LogP contribution in [0.3, 0.4) is 0 Å². The van der Waals surface area contributed by atoms with Crippen molar-refractivity contribution in [2.45, 2.75) is 25.7 Å². The van der Waals surface area contributed by atoms with Gasteiger partial charge in [0.1, 0.15) is 18.2 Å². The zero-order chi connectivity index (χ0) is 13.1. The summed E-state index contributed by atoms with van der Waals surface area (Å²) >= 11 is 0. The van der Waals surface area contributed by atoms with Gasteiger partial charge in [-0.2, -0.15) is 0 Å². The van der Waals surface area contributed by atoms with Crippen LogP contribution in [0.4, 0.5) is 14.6 Å². The number of H-pyrrole nitrogens is 1. The Morgan fingerprint density at radius 1 is 1.59 bits per heavy atom. The summed E-state index contributed by atoms with van der Waals surface area (Å²) in [6, 6.07) is 1.10. The zero-order valence-electron chi connectivity index (χ0n) is 9.63. The summed E-state index contributed by atoms with van der Waals surface area (Å²) in [5.74, 6) is -2.75. The maximum absolute atomic E-state index is 12.8. The van der Waals surface area contributed by atoms with Crippen LogP contribution in [-0.4, -0.2) is 34.1 Å². The molecule has 0 aliphatic heterocycles. The average molecular weight is 247 g/mol. The van der Waals surface area contributed by atoms with Crippen molar-refractivity contribution in [3.8, 4) is 0 Å². The lowest BCUT2D eigenvalue weighted by Crippen LogP contribution is -2.31. The highest BCUT2D eigenvalue weighted by Crippen LogP contribution is 2.14. The molecule has 0 atom stereocenters. The van der Waals surface area contributed by atoms with Gasteiger partial charge in [-0.15, -0.1) is 0 Å². The number of aliphatic hydroxyl groups is 1. The van der Waals surface area contributed by atoms with E-state index in [1.54, 1.807) is 0 Å². The molecule has 0 fully saturated rings. The van der Waals surface area contributed by atoms with Crippen LogP contribution in [0.5, 0.6) is 0 Å². The van der Waals surface area contributed by atoms with Crippen LogP contribution in [0.25, 0.3) is 0 Å². The van der Waals surface area contributed by atoms with Crippen molar-refractivity contribution in [2.75, 3.05) is 18.5 Å². The highest BCUT2D eigenvalue weighted by molar-refractivity contribution is 5.33. The van der Waals surface area contributed by atoms with E-state index in [0.717, 1.165) is 6.07 Å². The number of aromatic amines is 1. The van der Waals surface area contributed by atoms with Crippen LogP contribution >= 0.6 is 0 Å². The number of halogens is 2. The summed E-state index contributed by atoms with van der Waals surface area (Å²) in [7, 11) is 0. The van der Waals surface area contributed by atoms with E-state index in [-0.39, 0.29) is 11.7 Å². The van der Waals surface area contributed by atoms with E-state index in [1.165, 1.54) is 0 Å². The Morgan fingerprint density at radius 3 is 2.76 bits per heavy atom. The van der Waals surface area contributed by atoms with Crippen molar-refractivity contribution in [3.05, 3.63) is 22.2 Å². The minimum absolute atomic E-state index is 0.0113. The second kappa shape index (κ2) is 5.22. The fraction of sp³-hybridized carbons (Fsp3) is 0.600. The van der Waals surface area contributed by atoms with Gasteiger partial charge >= 0.3 is 0 Å². The van der Waals surface area contributed by atoms with Crippen molar-refractivity contribution >= 4 is 5.82 Å². The summed E-state index contributed by atoms with van der Waals surface area (Å²) < 4.78 is 25.5. The van der Waals surface area contributed by atoms with Gasteiger partial charge < -0.3 is 15.4 Å². The summed E-state index contributed by atoms with van der Waals surface area (Å²) in [6.07, 6.45) is 0. The van der Waals surface area contributed by atoms with Crippen LogP contribution in [0.15, 0.2) is 10.9 Å². The summed E-state index contributed by atoms with van der Waals surface area (Å²) in [5.41, 5.74) is -0.404. The van der Waals surface area contributed by atoms with Crippen molar-refractivity contribution in [1.82, 2.24) is 9.97 Å². The van der Waals surface area contributed by atoms with Gasteiger partial charge in [-0.1, -0.05) is 13.8 Å². The topological polar surface area (TPSA) is 78.0 Å². The van der Waals surface area contributed by atoms with Crippen molar-refractivity contribution in [2.24, 2.45) is 0 Å². The third-order valence-electron chi connectivity index (χ3n) is 2.07. The second-order valence-corrected chi connectivity index (χ2v) is 4.04. The predicted octanol–water partition coefficient (Wildman–Crippen LogP) is 0.933. The Morgan fingerprint density at radius 2 is 2.24 bits per heavy atom. The molecule has 0 amide bonds. The Balaban J connectivity index is 2.82. The molecule has 96 valence electrons. The van der Waals surface area contributed by atoms with Gasteiger partial charge in [0.15, 0.2) is 0 Å². The molecule has 7 heteroatoms. The van der Waals surface area contributed by atoms with E-state index in [4.69, 9.17) is 5.11 Å². The van der Waals surface area contributed by atoms with Gasteiger partial charge in [0.05, 0.1) is 6.54 Å². The normalized spacial score (nSPS) is 11.9. The molecule has 0 aromatic carbocycles. The first-order valence-corrected chi connectivity index (χ1v) is 5.18. The Labute approximate surface area is 96.9 Å². The molecular formula is C10H15F2N3O2. The van der Waals surface area contributed by atoms with E-state index < -0.39 is 24.6 Å². The van der Waals surface area contributed by atoms with Crippen LogP contribution in [-0.2, 0) is 0 Å². The molecule has 0 aliphatic carbocycles. The van der Waals surface area contributed by atoms with Gasteiger partial charge in [0.25, 0.3) is 11.5 Å². The Hall–Kier alpha value is -1.50. The molecule has 0 saturated heterocycles. The third kappa shape index (κ3) is 4.10. The van der Waals surface area contributed by atoms with E-state index in [1.807, 2.05) is 13.8 Å². The molecule has 1 heterocycles. The molecule has 0 radical (unpaired) electrons. The maximum atomic E-state index is 12.8. The molecule has 17 heavy (non-hydrogen) atoms. The summed E-state index contributed by atoms with van der Waals surface area (Å²) in [4.78, 5) is 17.7. The van der Waals surface area contributed by atoms with Crippen LogP contribution in [0.1, 0.15) is 25.6 Å². The molecule has 0 spiro atoms. The molecule has 0 bridgehead atoms. The quantitative estimate of drug-likeness (QED) is 0.723. The Bertz CT molecular complexity index is 432. The third-order valence-corrected chi connectivity index (χ3v) is 2.07. The van der Waals surface area contributed by atoms with E-state index in [9.17, 15) is 13.6 Å². The SMILES string of the molecule is CC(C)c1nc(NCC(F)(F)CO)cc(=O)[nH]1. The number of aromatic nitrogens is 2. The maximum Gasteiger partial charge on any atom is 0.287 e. The van der Waals surface area contributed by atoms with Crippen LogP contribution in [0, 0.1) is 0 Å². The van der Waals surface area contributed by atoms with Crippen molar-refractivity contribution < 1.29 is 13.9 Å². The lowest BCUT2D eigenvalue weighted by Gasteiger charge is -2.15. The molecule has 0 unspecified atom stereocenters. The zero-order valence-corrected chi connectivity index (χ0v) is 9.63. The smallest absolute Gasteiger partial charge is 0.287 e. The van der Waals surface area contributed by atoms with Crippen LogP contribution in [0.2, 0.25) is 0 Å². The van der Waals surface area contributed by atoms with Gasteiger partial charge in [0.2, 0.25) is 0 Å². The van der Waals surface area contributed by atoms with Gasteiger partial charge in [-0.25, -0.2) is 13.8 Å². The summed E-state index contributed by atoms with van der Waals surface area (Å²) in [6.45, 7) is 1.63. The van der Waals surface area contributed by atoms with E-state index in [2.05, 4.69) is 15.3 Å². The molecule has 5 nitrogen and oxygen atoms in total. The van der Waals surface area contributed by atoms with Gasteiger partial charge in [-0.05, 0) is 0 Å². The lowest BCUT2D eigenvalue weighted by molar-refractivity contribution is -0.0373. The van der Waals surface area contributed by atoms with Crippen molar-refractivity contribution in [1.29, 1.82) is 0 Å². The number of rotatable bonds is 5. The highest BCUT2D eigenvalue weighted by Gasteiger charge is 2.27. The predicted molar refractivity (Wildman–Crippen MR) is 59.5 cm³/mol. The number of hydrogen-bond donors (Lipinski definition) is 3. The standard InChI is InChI=1S/C10H15F2N3O2/c1-6(2)9-14-7(3-8(17)15-9)13-4-10(11,12)5-16/h3,6,16H,4-5H2,1-2H3,(H2,13,14,15,17). The molecule has 1 aromatic rings. The number of nitrogens with zero attached hydrogens (tertiary/aromatic N) is 1. The molecule has 3 N–H and O–H groups in total. The number of alkyl halides is 2. The van der Waals surface area contributed by atoms with Gasteiger partial charge in [0, 0.05) is 12.0 Å². The monoisotopic (exact) mass is 247 g/mol. The number of hydrogen-bond acceptors (Lipinski definition) is 4. The highest BCUT2D eigenvalue weighted by atomic mass is 19.3. The fourth-order valence-electron chi connectivity index (χ4n) is 1.12. The Kier molecular flexibility index (Phi) is 4.17. The molecule has 0 saturated carbocycles. The fourth-order valence-corrected chi connectivity index (χ4v) is 1.12. The average Bonchev–Trinajstić information content (AvgIpc) is 2.26. The minimum Gasteiger partial charge on any atom is -0.390 e. The largest absolute Gasteiger partial charge is 0.390 e. The lowest BCUT2D eigenvalue weighted by atomic mass is 10.2. The number of anilines is 1. The first-order chi connectivity index (χ1) is 7.84. The number of aliphatic hydroxyl groups excluding tert-OH is 1. The molecular weight excluding hydrogens is 232 g/mol.